The number of carbonyl (C=O) groups excluding carboxylic acids is 3. The molecule has 7 nitrogen and oxygen atoms in total. The van der Waals surface area contributed by atoms with Gasteiger partial charge in [0.1, 0.15) is 17.6 Å². The lowest BCUT2D eigenvalue weighted by atomic mass is 9.85. The predicted octanol–water partition coefficient (Wildman–Crippen LogP) is 1.38. The van der Waals surface area contributed by atoms with E-state index in [1.807, 2.05) is 0 Å². The van der Waals surface area contributed by atoms with E-state index in [2.05, 4.69) is 0 Å². The summed E-state index contributed by atoms with van der Waals surface area (Å²) in [5.41, 5.74) is 0. The van der Waals surface area contributed by atoms with Crippen LogP contribution in [0.2, 0.25) is 0 Å². The van der Waals surface area contributed by atoms with Gasteiger partial charge in [0.2, 0.25) is 0 Å². The number of nitriles is 2. The molecule has 0 amide bonds. The van der Waals surface area contributed by atoms with Crippen LogP contribution in [0.15, 0.2) is 0 Å². The molecule has 0 saturated heterocycles. The molecule has 0 aromatic rings. The normalized spacial score (nSPS) is 13.9. The van der Waals surface area contributed by atoms with Crippen LogP contribution in [0.4, 0.5) is 0 Å². The van der Waals surface area contributed by atoms with E-state index in [9.17, 15) is 14.4 Å². The van der Waals surface area contributed by atoms with Gasteiger partial charge in [-0.15, -0.1) is 0 Å². The Balaban J connectivity index is 4.97. The lowest BCUT2D eigenvalue weighted by molar-refractivity contribution is -0.147. The zero-order valence-corrected chi connectivity index (χ0v) is 13.0. The van der Waals surface area contributed by atoms with Crippen molar-refractivity contribution in [2.45, 2.75) is 33.6 Å². The Labute approximate surface area is 129 Å². The van der Waals surface area contributed by atoms with Crippen LogP contribution in [-0.2, 0) is 23.9 Å². The summed E-state index contributed by atoms with van der Waals surface area (Å²) < 4.78 is 9.53. The third-order valence-corrected chi connectivity index (χ3v) is 3.07. The van der Waals surface area contributed by atoms with E-state index in [0.29, 0.717) is 0 Å². The fourth-order valence-corrected chi connectivity index (χ4v) is 1.89. The molecule has 0 spiro atoms. The van der Waals surface area contributed by atoms with Gasteiger partial charge in [0.05, 0.1) is 25.4 Å². The zero-order chi connectivity index (χ0) is 17.1. The fourth-order valence-electron chi connectivity index (χ4n) is 1.89. The number of hydrogen-bond donors (Lipinski definition) is 0. The van der Waals surface area contributed by atoms with E-state index in [0.717, 1.165) is 0 Å². The maximum absolute atomic E-state index is 11.7. The van der Waals surface area contributed by atoms with Crippen molar-refractivity contribution < 1.29 is 23.9 Å². The van der Waals surface area contributed by atoms with Gasteiger partial charge in [-0.2, -0.15) is 10.5 Å². The van der Waals surface area contributed by atoms with Gasteiger partial charge >= 0.3 is 11.9 Å². The summed E-state index contributed by atoms with van der Waals surface area (Å²) in [5, 5.41) is 18.0. The average Bonchev–Trinajstić information content (AvgIpc) is 2.47. The summed E-state index contributed by atoms with van der Waals surface area (Å²) in [4.78, 5) is 34.9. The summed E-state index contributed by atoms with van der Waals surface area (Å²) in [5.74, 6) is -4.68. The quantitative estimate of drug-likeness (QED) is 0.590. The highest BCUT2D eigenvalue weighted by atomic mass is 16.5. The van der Waals surface area contributed by atoms with Gasteiger partial charge in [-0.05, 0) is 33.6 Å². The van der Waals surface area contributed by atoms with Gasteiger partial charge in [0.25, 0.3) is 0 Å². The first-order valence-electron chi connectivity index (χ1n) is 7.04. The maximum Gasteiger partial charge on any atom is 0.323 e. The molecule has 22 heavy (non-hydrogen) atoms. The first-order valence-corrected chi connectivity index (χ1v) is 7.04. The fraction of sp³-hybridized carbons (Fsp3) is 0.667. The lowest BCUT2D eigenvalue weighted by Gasteiger charge is -2.18. The summed E-state index contributed by atoms with van der Waals surface area (Å²) >= 11 is 0. The molecule has 2 unspecified atom stereocenters. The number of rotatable bonds is 9. The molecule has 0 aromatic carbocycles. The maximum atomic E-state index is 11.7. The van der Waals surface area contributed by atoms with E-state index < -0.39 is 29.7 Å². The minimum atomic E-state index is -1.10. The van der Waals surface area contributed by atoms with Crippen molar-refractivity contribution in [3.8, 4) is 12.1 Å². The molecular weight excluding hydrogens is 288 g/mol. The third kappa shape index (κ3) is 6.36. The zero-order valence-electron chi connectivity index (χ0n) is 13.0. The standard InChI is InChI=1S/C15H20N2O5/c1-4-21-14(19)12(8-16)6-11(10(3)18)7-13(9-17)15(20)22-5-2/h11-13H,4-7H2,1-3H3. The Hall–Kier alpha value is -2.41. The summed E-state index contributed by atoms with van der Waals surface area (Å²) in [6.07, 6.45) is -0.162. The summed E-state index contributed by atoms with van der Waals surface area (Å²) in [6, 6.07) is 3.58. The Morgan fingerprint density at radius 1 is 0.909 bits per heavy atom. The third-order valence-electron chi connectivity index (χ3n) is 3.07. The largest absolute Gasteiger partial charge is 0.465 e. The molecule has 0 saturated carbocycles. The Kier molecular flexibility index (Phi) is 9.20. The predicted molar refractivity (Wildman–Crippen MR) is 74.9 cm³/mol. The van der Waals surface area contributed by atoms with Crippen LogP contribution in [0.5, 0.6) is 0 Å². The van der Waals surface area contributed by atoms with Gasteiger partial charge < -0.3 is 9.47 Å². The van der Waals surface area contributed by atoms with Crippen LogP contribution >= 0.6 is 0 Å². The SMILES string of the molecule is CCOC(=O)C(C#N)CC(CC(C#N)C(=O)OCC)C(C)=O. The molecule has 0 aromatic heterocycles. The smallest absolute Gasteiger partial charge is 0.323 e. The second-order valence-corrected chi connectivity index (χ2v) is 4.65. The van der Waals surface area contributed by atoms with Crippen molar-refractivity contribution in [3.05, 3.63) is 0 Å². The Morgan fingerprint density at radius 2 is 1.27 bits per heavy atom. The lowest BCUT2D eigenvalue weighted by Crippen LogP contribution is -2.27. The average molecular weight is 308 g/mol. The molecule has 0 radical (unpaired) electrons. The number of ketones is 1. The number of carbonyl (C=O) groups is 3. The topological polar surface area (TPSA) is 117 Å². The van der Waals surface area contributed by atoms with Crippen LogP contribution in [-0.4, -0.2) is 30.9 Å². The van der Waals surface area contributed by atoms with Crippen molar-refractivity contribution in [1.29, 1.82) is 10.5 Å². The van der Waals surface area contributed by atoms with Crippen LogP contribution in [0.1, 0.15) is 33.6 Å². The molecule has 0 aliphatic carbocycles. The van der Waals surface area contributed by atoms with Crippen molar-refractivity contribution in [3.63, 3.8) is 0 Å². The van der Waals surface area contributed by atoms with E-state index in [1.54, 1.807) is 26.0 Å². The highest BCUT2D eigenvalue weighted by molar-refractivity contribution is 5.82. The second-order valence-electron chi connectivity index (χ2n) is 4.65. The van der Waals surface area contributed by atoms with Crippen LogP contribution in [0.25, 0.3) is 0 Å². The highest BCUT2D eigenvalue weighted by Gasteiger charge is 2.31. The molecule has 0 bridgehead atoms. The second kappa shape index (κ2) is 10.3. The number of ether oxygens (including phenoxy) is 2. The van der Waals surface area contributed by atoms with E-state index in [1.165, 1.54) is 6.92 Å². The van der Waals surface area contributed by atoms with Gasteiger partial charge in [-0.1, -0.05) is 0 Å². The molecule has 2 atom stereocenters. The number of nitrogens with zero attached hydrogens (tertiary/aromatic N) is 2. The molecule has 7 heteroatoms. The van der Waals surface area contributed by atoms with Crippen molar-refractivity contribution in [1.82, 2.24) is 0 Å². The Bertz CT molecular complexity index is 451. The van der Waals surface area contributed by atoms with E-state index in [-0.39, 0.29) is 31.8 Å². The first-order chi connectivity index (χ1) is 10.4. The first kappa shape index (κ1) is 19.6. The molecule has 0 N–H and O–H groups in total. The molecule has 0 rings (SSSR count). The number of hydrogen-bond acceptors (Lipinski definition) is 7. The molecule has 0 fully saturated rings. The highest BCUT2D eigenvalue weighted by Crippen LogP contribution is 2.23. The molecule has 0 aliphatic heterocycles. The van der Waals surface area contributed by atoms with E-state index in [4.69, 9.17) is 20.0 Å². The monoisotopic (exact) mass is 308 g/mol. The van der Waals surface area contributed by atoms with Crippen LogP contribution in [0, 0.1) is 40.4 Å². The van der Waals surface area contributed by atoms with Crippen molar-refractivity contribution >= 4 is 17.7 Å². The van der Waals surface area contributed by atoms with Crippen LogP contribution in [0.3, 0.4) is 0 Å². The number of Topliss-reactive ketones (excluding diaryl/α,β-unsaturated/α-hetero) is 1. The van der Waals surface area contributed by atoms with Gasteiger partial charge in [-0.25, -0.2) is 0 Å². The molecule has 0 aliphatic rings. The summed E-state index contributed by atoms with van der Waals surface area (Å²) in [6.45, 7) is 4.78. The van der Waals surface area contributed by atoms with Crippen molar-refractivity contribution in [2.75, 3.05) is 13.2 Å². The van der Waals surface area contributed by atoms with Gasteiger partial charge in [-0.3, -0.25) is 14.4 Å². The van der Waals surface area contributed by atoms with E-state index >= 15 is 0 Å². The minimum absolute atomic E-state index is 0.0811. The van der Waals surface area contributed by atoms with Crippen LogP contribution < -0.4 is 0 Å². The summed E-state index contributed by atoms with van der Waals surface area (Å²) in [7, 11) is 0. The minimum Gasteiger partial charge on any atom is -0.465 e. The molecule has 120 valence electrons. The number of esters is 2. The van der Waals surface area contributed by atoms with Gasteiger partial charge in [0, 0.05) is 5.92 Å². The molecular formula is C15H20N2O5. The molecule has 0 heterocycles. The van der Waals surface area contributed by atoms with Gasteiger partial charge in [0.15, 0.2) is 0 Å². The van der Waals surface area contributed by atoms with Crippen molar-refractivity contribution in [2.24, 2.45) is 17.8 Å². The Morgan fingerprint density at radius 3 is 1.50 bits per heavy atom.